The molecule has 2 aromatic carbocycles. The van der Waals surface area contributed by atoms with Crippen molar-refractivity contribution in [1.82, 2.24) is 4.31 Å². The number of para-hydroxylation sites is 1. The maximum atomic E-state index is 12.7. The monoisotopic (exact) mass is 344 g/mol. The highest BCUT2D eigenvalue weighted by atomic mass is 32.2. The minimum atomic E-state index is -3.21. The van der Waals surface area contributed by atoms with Crippen LogP contribution >= 0.6 is 0 Å². The standard InChI is InChI=1S/C19H24N2O2S/c1-17-16-20(13-14-21(17)19-10-6-3-7-11-19)24(22,23)15-12-18-8-4-2-5-9-18/h2-11,17H,12-16H2,1H3. The predicted molar refractivity (Wildman–Crippen MR) is 98.8 cm³/mol. The second-order valence-electron chi connectivity index (χ2n) is 6.29. The summed E-state index contributed by atoms with van der Waals surface area (Å²) < 4.78 is 27.0. The summed E-state index contributed by atoms with van der Waals surface area (Å²) in [6.07, 6.45) is 0.566. The van der Waals surface area contributed by atoms with Crippen LogP contribution in [-0.4, -0.2) is 44.2 Å². The fourth-order valence-electron chi connectivity index (χ4n) is 3.20. The highest BCUT2D eigenvalue weighted by Crippen LogP contribution is 2.21. The van der Waals surface area contributed by atoms with Gasteiger partial charge in [-0.05, 0) is 31.0 Å². The number of benzene rings is 2. The first kappa shape index (κ1) is 17.0. The summed E-state index contributed by atoms with van der Waals surface area (Å²) in [7, 11) is -3.21. The molecule has 0 aromatic heterocycles. The molecule has 24 heavy (non-hydrogen) atoms. The Balaban J connectivity index is 1.62. The van der Waals surface area contributed by atoms with Gasteiger partial charge in [-0.15, -0.1) is 0 Å². The van der Waals surface area contributed by atoms with E-state index in [1.165, 1.54) is 0 Å². The number of aryl methyl sites for hydroxylation is 1. The molecule has 0 amide bonds. The van der Waals surface area contributed by atoms with Gasteiger partial charge in [0, 0.05) is 31.4 Å². The van der Waals surface area contributed by atoms with E-state index >= 15 is 0 Å². The largest absolute Gasteiger partial charge is 0.366 e. The van der Waals surface area contributed by atoms with Crippen molar-refractivity contribution in [1.29, 1.82) is 0 Å². The van der Waals surface area contributed by atoms with Gasteiger partial charge in [0.15, 0.2) is 0 Å². The van der Waals surface area contributed by atoms with E-state index in [4.69, 9.17) is 0 Å². The molecule has 0 radical (unpaired) electrons. The summed E-state index contributed by atoms with van der Waals surface area (Å²) in [6, 6.07) is 20.2. The zero-order chi connectivity index (χ0) is 17.0. The van der Waals surface area contributed by atoms with E-state index < -0.39 is 10.0 Å². The zero-order valence-corrected chi connectivity index (χ0v) is 14.8. The smallest absolute Gasteiger partial charge is 0.214 e. The maximum absolute atomic E-state index is 12.7. The molecule has 1 aliphatic rings. The van der Waals surface area contributed by atoms with Crippen LogP contribution in [0, 0.1) is 0 Å². The fourth-order valence-corrected chi connectivity index (χ4v) is 4.76. The molecule has 1 aliphatic heterocycles. The number of sulfonamides is 1. The molecule has 0 spiro atoms. The number of hydrogen-bond acceptors (Lipinski definition) is 3. The third-order valence-corrected chi connectivity index (χ3v) is 6.40. The molecule has 1 atom stereocenters. The minimum absolute atomic E-state index is 0.174. The second-order valence-corrected chi connectivity index (χ2v) is 8.38. The molecule has 3 rings (SSSR count). The van der Waals surface area contributed by atoms with E-state index in [9.17, 15) is 8.42 Å². The Morgan fingerprint density at radius 3 is 2.21 bits per heavy atom. The van der Waals surface area contributed by atoms with E-state index in [1.807, 2.05) is 48.5 Å². The lowest BCUT2D eigenvalue weighted by Crippen LogP contribution is -2.54. The maximum Gasteiger partial charge on any atom is 0.214 e. The molecule has 2 aromatic rings. The van der Waals surface area contributed by atoms with E-state index in [1.54, 1.807) is 4.31 Å². The van der Waals surface area contributed by atoms with Crippen LogP contribution in [0.2, 0.25) is 0 Å². The number of anilines is 1. The van der Waals surface area contributed by atoms with Gasteiger partial charge in [-0.3, -0.25) is 0 Å². The van der Waals surface area contributed by atoms with Crippen LogP contribution < -0.4 is 4.90 Å². The van der Waals surface area contributed by atoms with Crippen LogP contribution in [0.5, 0.6) is 0 Å². The van der Waals surface area contributed by atoms with Gasteiger partial charge >= 0.3 is 0 Å². The van der Waals surface area contributed by atoms with Crippen LogP contribution in [-0.2, 0) is 16.4 Å². The van der Waals surface area contributed by atoms with Crippen molar-refractivity contribution in [3.8, 4) is 0 Å². The number of rotatable bonds is 5. The van der Waals surface area contributed by atoms with Crippen LogP contribution in [0.3, 0.4) is 0 Å². The van der Waals surface area contributed by atoms with Gasteiger partial charge in [0.25, 0.3) is 0 Å². The lowest BCUT2D eigenvalue weighted by atomic mass is 10.2. The van der Waals surface area contributed by atoms with Gasteiger partial charge in [-0.1, -0.05) is 48.5 Å². The molecule has 128 valence electrons. The van der Waals surface area contributed by atoms with E-state index in [2.05, 4.69) is 24.0 Å². The summed E-state index contributed by atoms with van der Waals surface area (Å²) in [5.74, 6) is 0.176. The van der Waals surface area contributed by atoms with Crippen molar-refractivity contribution >= 4 is 15.7 Å². The number of hydrogen-bond donors (Lipinski definition) is 0. The van der Waals surface area contributed by atoms with Gasteiger partial charge < -0.3 is 4.90 Å². The third kappa shape index (κ3) is 3.97. The Bertz CT molecular complexity index is 747. The molecule has 0 aliphatic carbocycles. The Morgan fingerprint density at radius 1 is 0.958 bits per heavy atom. The third-order valence-electron chi connectivity index (χ3n) is 4.56. The Labute approximate surface area is 144 Å². The van der Waals surface area contributed by atoms with Gasteiger partial charge in [0.05, 0.1) is 5.75 Å². The van der Waals surface area contributed by atoms with Crippen molar-refractivity contribution in [2.45, 2.75) is 19.4 Å². The predicted octanol–water partition coefficient (Wildman–Crippen LogP) is 2.77. The van der Waals surface area contributed by atoms with Crippen molar-refractivity contribution < 1.29 is 8.42 Å². The average Bonchev–Trinajstić information content (AvgIpc) is 2.61. The van der Waals surface area contributed by atoms with Crippen molar-refractivity contribution in [3.63, 3.8) is 0 Å². The number of nitrogens with zero attached hydrogens (tertiary/aromatic N) is 2. The Kier molecular flexibility index (Phi) is 5.21. The first-order valence-corrected chi connectivity index (χ1v) is 10.0. The molecule has 0 bridgehead atoms. The molecular weight excluding hydrogens is 320 g/mol. The summed E-state index contributed by atoms with van der Waals surface area (Å²) >= 11 is 0. The topological polar surface area (TPSA) is 40.6 Å². The lowest BCUT2D eigenvalue weighted by Gasteiger charge is -2.40. The molecule has 1 unspecified atom stereocenters. The molecule has 1 heterocycles. The highest BCUT2D eigenvalue weighted by Gasteiger charge is 2.30. The first-order chi connectivity index (χ1) is 11.6. The Hall–Kier alpha value is -1.85. The number of piperazine rings is 1. The Morgan fingerprint density at radius 2 is 1.58 bits per heavy atom. The summed E-state index contributed by atoms with van der Waals surface area (Å²) in [6.45, 7) is 3.92. The molecule has 5 heteroatoms. The SMILES string of the molecule is CC1CN(S(=O)(=O)CCc2ccccc2)CCN1c1ccccc1. The van der Waals surface area contributed by atoms with Gasteiger partial charge in [-0.2, -0.15) is 4.31 Å². The van der Waals surface area contributed by atoms with Gasteiger partial charge in [0.1, 0.15) is 0 Å². The second kappa shape index (κ2) is 7.36. The normalized spacial score (nSPS) is 19.4. The molecular formula is C19H24N2O2S. The van der Waals surface area contributed by atoms with Crippen LogP contribution in [0.25, 0.3) is 0 Å². The van der Waals surface area contributed by atoms with Crippen molar-refractivity contribution in [3.05, 3.63) is 66.2 Å². The summed E-state index contributed by atoms with van der Waals surface area (Å²) in [5.41, 5.74) is 2.23. The van der Waals surface area contributed by atoms with Crippen LogP contribution in [0.15, 0.2) is 60.7 Å². The minimum Gasteiger partial charge on any atom is -0.366 e. The van der Waals surface area contributed by atoms with Crippen LogP contribution in [0.4, 0.5) is 5.69 Å². The van der Waals surface area contributed by atoms with E-state index in [0.29, 0.717) is 19.5 Å². The molecule has 4 nitrogen and oxygen atoms in total. The van der Waals surface area contributed by atoms with Crippen LogP contribution in [0.1, 0.15) is 12.5 Å². The zero-order valence-electron chi connectivity index (χ0n) is 14.0. The fraction of sp³-hybridized carbons (Fsp3) is 0.368. The summed E-state index contributed by atoms with van der Waals surface area (Å²) in [4.78, 5) is 2.28. The lowest BCUT2D eigenvalue weighted by molar-refractivity contribution is 0.342. The quantitative estimate of drug-likeness (QED) is 0.837. The average molecular weight is 344 g/mol. The van der Waals surface area contributed by atoms with E-state index in [-0.39, 0.29) is 11.8 Å². The molecule has 1 fully saturated rings. The van der Waals surface area contributed by atoms with Crippen molar-refractivity contribution in [2.24, 2.45) is 0 Å². The molecule has 1 saturated heterocycles. The highest BCUT2D eigenvalue weighted by molar-refractivity contribution is 7.89. The van der Waals surface area contributed by atoms with E-state index in [0.717, 1.165) is 17.8 Å². The molecule has 0 saturated carbocycles. The van der Waals surface area contributed by atoms with Gasteiger partial charge in [-0.25, -0.2) is 8.42 Å². The van der Waals surface area contributed by atoms with Crippen molar-refractivity contribution in [2.75, 3.05) is 30.3 Å². The summed E-state index contributed by atoms with van der Waals surface area (Å²) in [5, 5.41) is 0. The van der Waals surface area contributed by atoms with Gasteiger partial charge in [0.2, 0.25) is 10.0 Å². The molecule has 0 N–H and O–H groups in total. The first-order valence-electron chi connectivity index (χ1n) is 8.40.